The van der Waals surface area contributed by atoms with Crippen LogP contribution < -0.4 is 10.8 Å². The Bertz CT molecular complexity index is 794. The number of hydrogen-bond donors (Lipinski definition) is 4. The lowest BCUT2D eigenvalue weighted by Gasteiger charge is -2.09. The number of phenolic OH excluding ortho intramolecular Hbond substituents is 1. The van der Waals surface area contributed by atoms with Gasteiger partial charge in [-0.05, 0) is 23.2 Å². The van der Waals surface area contributed by atoms with Crippen molar-refractivity contribution in [1.82, 2.24) is 9.97 Å². The van der Waals surface area contributed by atoms with Crippen molar-refractivity contribution in [3.63, 3.8) is 0 Å². The summed E-state index contributed by atoms with van der Waals surface area (Å²) < 4.78 is 0. The Morgan fingerprint density at radius 1 is 1.00 bits per heavy atom. The minimum Gasteiger partial charge on any atom is -0.506 e. The molecule has 1 heterocycles. The second kappa shape index (κ2) is 6.01. The van der Waals surface area contributed by atoms with Gasteiger partial charge < -0.3 is 20.5 Å². The van der Waals surface area contributed by atoms with E-state index in [0.717, 1.165) is 10.9 Å². The molecule has 2 aromatic carbocycles. The molecule has 0 aliphatic carbocycles. The number of nitrogens with zero attached hydrogens (tertiary/aromatic N) is 2. The highest BCUT2D eigenvalue weighted by Gasteiger charge is 2.10. The van der Waals surface area contributed by atoms with E-state index < -0.39 is 7.12 Å². The SMILES string of the molecule is OB(O)c1ccc(CNc2ncnc3c(O)cccc23)cc1. The lowest BCUT2D eigenvalue weighted by Crippen LogP contribution is -2.29. The number of para-hydroxylation sites is 1. The Labute approximate surface area is 127 Å². The molecule has 1 aromatic heterocycles. The number of fused-ring (bicyclic) bond motifs is 1. The van der Waals surface area contributed by atoms with Gasteiger partial charge >= 0.3 is 7.12 Å². The van der Waals surface area contributed by atoms with Crippen molar-refractivity contribution in [1.29, 1.82) is 0 Å². The summed E-state index contributed by atoms with van der Waals surface area (Å²) in [4.78, 5) is 8.27. The smallest absolute Gasteiger partial charge is 0.488 e. The second-order valence-electron chi connectivity index (χ2n) is 4.86. The third-order valence-corrected chi connectivity index (χ3v) is 3.38. The molecule has 0 spiro atoms. The minimum atomic E-state index is -1.46. The molecule has 0 aliphatic heterocycles. The summed E-state index contributed by atoms with van der Waals surface area (Å²) in [5.74, 6) is 0.747. The van der Waals surface area contributed by atoms with Gasteiger partial charge in [0.15, 0.2) is 0 Å². The van der Waals surface area contributed by atoms with Crippen molar-refractivity contribution >= 4 is 29.3 Å². The molecule has 4 N–H and O–H groups in total. The van der Waals surface area contributed by atoms with E-state index in [9.17, 15) is 5.11 Å². The molecule has 0 saturated heterocycles. The van der Waals surface area contributed by atoms with E-state index >= 15 is 0 Å². The van der Waals surface area contributed by atoms with Gasteiger partial charge in [0.1, 0.15) is 23.4 Å². The average Bonchev–Trinajstić information content (AvgIpc) is 2.54. The van der Waals surface area contributed by atoms with E-state index in [1.807, 2.05) is 18.2 Å². The van der Waals surface area contributed by atoms with Crippen LogP contribution in [0.2, 0.25) is 0 Å². The number of aromatic nitrogens is 2. The van der Waals surface area contributed by atoms with Gasteiger partial charge in [0.25, 0.3) is 0 Å². The van der Waals surface area contributed by atoms with Crippen LogP contribution >= 0.6 is 0 Å². The van der Waals surface area contributed by atoms with E-state index in [0.29, 0.717) is 23.3 Å². The Kier molecular flexibility index (Phi) is 3.91. The number of phenols is 1. The molecule has 7 heteroatoms. The van der Waals surface area contributed by atoms with E-state index in [1.165, 1.54) is 6.33 Å². The highest BCUT2D eigenvalue weighted by molar-refractivity contribution is 6.58. The Balaban J connectivity index is 1.81. The van der Waals surface area contributed by atoms with E-state index in [1.54, 1.807) is 24.3 Å². The molecule has 110 valence electrons. The monoisotopic (exact) mass is 295 g/mol. The van der Waals surface area contributed by atoms with Crippen LogP contribution in [0.4, 0.5) is 5.82 Å². The molecule has 6 nitrogen and oxygen atoms in total. The fourth-order valence-electron chi connectivity index (χ4n) is 2.21. The molecule has 22 heavy (non-hydrogen) atoms. The van der Waals surface area contributed by atoms with Gasteiger partial charge in [-0.25, -0.2) is 9.97 Å². The van der Waals surface area contributed by atoms with Crippen LogP contribution in [0.15, 0.2) is 48.8 Å². The van der Waals surface area contributed by atoms with Gasteiger partial charge in [-0.3, -0.25) is 0 Å². The first-order valence-electron chi connectivity index (χ1n) is 6.76. The zero-order valence-corrected chi connectivity index (χ0v) is 11.6. The number of anilines is 1. The van der Waals surface area contributed by atoms with Gasteiger partial charge in [-0.1, -0.05) is 30.3 Å². The van der Waals surface area contributed by atoms with Crippen molar-refractivity contribution in [2.75, 3.05) is 5.32 Å². The van der Waals surface area contributed by atoms with E-state index in [-0.39, 0.29) is 5.75 Å². The van der Waals surface area contributed by atoms with E-state index in [4.69, 9.17) is 10.0 Å². The summed E-state index contributed by atoms with van der Waals surface area (Å²) in [6.07, 6.45) is 1.40. The summed E-state index contributed by atoms with van der Waals surface area (Å²) in [7, 11) is -1.46. The van der Waals surface area contributed by atoms with Crippen molar-refractivity contribution in [2.24, 2.45) is 0 Å². The highest BCUT2D eigenvalue weighted by atomic mass is 16.4. The largest absolute Gasteiger partial charge is 0.506 e. The molecule has 3 aromatic rings. The standard InChI is InChI=1S/C15H14BN3O3/c20-13-3-1-2-12-14(13)18-9-19-15(12)17-8-10-4-6-11(7-5-10)16(21)22/h1-7,9,20-22H,8H2,(H,17,18,19). The summed E-state index contributed by atoms with van der Waals surface area (Å²) in [6, 6.07) is 12.1. The van der Waals surface area contributed by atoms with Crippen LogP contribution in [0, 0.1) is 0 Å². The maximum Gasteiger partial charge on any atom is 0.488 e. The third kappa shape index (κ3) is 2.85. The Morgan fingerprint density at radius 3 is 2.50 bits per heavy atom. The first-order chi connectivity index (χ1) is 10.6. The number of nitrogens with one attached hydrogen (secondary N) is 1. The fraction of sp³-hybridized carbons (Fsp3) is 0.0667. The zero-order valence-electron chi connectivity index (χ0n) is 11.6. The van der Waals surface area contributed by atoms with Crippen molar-refractivity contribution in [3.05, 3.63) is 54.4 Å². The molecule has 0 fully saturated rings. The van der Waals surface area contributed by atoms with Crippen LogP contribution in [0.3, 0.4) is 0 Å². The van der Waals surface area contributed by atoms with Crippen LogP contribution in [-0.2, 0) is 6.54 Å². The van der Waals surface area contributed by atoms with Gasteiger partial charge in [0, 0.05) is 11.9 Å². The Hall–Kier alpha value is -2.64. The normalized spacial score (nSPS) is 10.6. The predicted octanol–water partition coefficient (Wildman–Crippen LogP) is 0.627. The summed E-state index contributed by atoms with van der Waals surface area (Å²) >= 11 is 0. The van der Waals surface area contributed by atoms with Crippen molar-refractivity contribution < 1.29 is 15.2 Å². The zero-order chi connectivity index (χ0) is 15.5. The topological polar surface area (TPSA) is 98.5 Å². The summed E-state index contributed by atoms with van der Waals surface area (Å²) in [5.41, 5.74) is 1.91. The summed E-state index contributed by atoms with van der Waals surface area (Å²) in [5, 5.41) is 31.9. The molecule has 0 radical (unpaired) electrons. The molecule has 0 saturated carbocycles. The maximum atomic E-state index is 9.80. The maximum absolute atomic E-state index is 9.80. The Morgan fingerprint density at radius 2 is 1.77 bits per heavy atom. The first kappa shape index (κ1) is 14.3. The minimum absolute atomic E-state index is 0.115. The number of benzene rings is 2. The van der Waals surface area contributed by atoms with Crippen LogP contribution in [0.5, 0.6) is 5.75 Å². The predicted molar refractivity (Wildman–Crippen MR) is 84.8 cm³/mol. The fourth-order valence-corrected chi connectivity index (χ4v) is 2.21. The molecule has 0 bridgehead atoms. The second-order valence-corrected chi connectivity index (χ2v) is 4.86. The quantitative estimate of drug-likeness (QED) is 0.527. The third-order valence-electron chi connectivity index (χ3n) is 3.38. The van der Waals surface area contributed by atoms with Crippen LogP contribution in [0.25, 0.3) is 10.9 Å². The number of hydrogen-bond acceptors (Lipinski definition) is 6. The highest BCUT2D eigenvalue weighted by Crippen LogP contribution is 2.26. The van der Waals surface area contributed by atoms with Gasteiger partial charge in [-0.2, -0.15) is 0 Å². The molecule has 0 atom stereocenters. The van der Waals surface area contributed by atoms with Gasteiger partial charge in [-0.15, -0.1) is 0 Å². The molecule has 0 amide bonds. The molecule has 0 aliphatic rings. The number of aromatic hydroxyl groups is 1. The number of rotatable bonds is 4. The van der Waals surface area contributed by atoms with Crippen LogP contribution in [0.1, 0.15) is 5.56 Å². The van der Waals surface area contributed by atoms with Crippen molar-refractivity contribution in [2.45, 2.75) is 6.54 Å². The summed E-state index contributed by atoms with van der Waals surface area (Å²) in [6.45, 7) is 0.517. The first-order valence-corrected chi connectivity index (χ1v) is 6.76. The molecule has 0 unspecified atom stereocenters. The molecular formula is C15H14BN3O3. The molecular weight excluding hydrogens is 281 g/mol. The van der Waals surface area contributed by atoms with Gasteiger partial charge in [0.05, 0.1) is 0 Å². The average molecular weight is 295 g/mol. The lowest BCUT2D eigenvalue weighted by molar-refractivity contribution is 0.426. The van der Waals surface area contributed by atoms with E-state index in [2.05, 4.69) is 15.3 Å². The van der Waals surface area contributed by atoms with Crippen molar-refractivity contribution in [3.8, 4) is 5.75 Å². The van der Waals surface area contributed by atoms with Crippen LogP contribution in [-0.4, -0.2) is 32.2 Å². The van der Waals surface area contributed by atoms with Gasteiger partial charge in [0.2, 0.25) is 0 Å². The molecule has 3 rings (SSSR count). The lowest BCUT2D eigenvalue weighted by atomic mass is 9.80.